The van der Waals surface area contributed by atoms with Gasteiger partial charge in [-0.3, -0.25) is 4.79 Å². The summed E-state index contributed by atoms with van der Waals surface area (Å²) in [5.41, 5.74) is 1.78. The second kappa shape index (κ2) is 8.19. The van der Waals surface area contributed by atoms with Crippen LogP contribution in [0.2, 0.25) is 5.02 Å². The zero-order chi connectivity index (χ0) is 19.3. The van der Waals surface area contributed by atoms with Crippen LogP contribution < -0.4 is 14.8 Å². The number of halogens is 1. The van der Waals surface area contributed by atoms with Crippen LogP contribution in [0.25, 0.3) is 6.08 Å². The van der Waals surface area contributed by atoms with Crippen molar-refractivity contribution < 1.29 is 14.3 Å². The van der Waals surface area contributed by atoms with Gasteiger partial charge in [0.15, 0.2) is 11.5 Å². The van der Waals surface area contributed by atoms with Crippen molar-refractivity contribution in [2.24, 2.45) is 0 Å². The summed E-state index contributed by atoms with van der Waals surface area (Å²) in [6.07, 6.45) is 4.83. The molecule has 1 aliphatic heterocycles. The molecule has 0 spiro atoms. The summed E-state index contributed by atoms with van der Waals surface area (Å²) in [6.45, 7) is 1.54. The molecule has 0 bridgehead atoms. The fraction of sp³-hybridized carbons (Fsp3) is 0.143. The van der Waals surface area contributed by atoms with Gasteiger partial charge in [-0.1, -0.05) is 35.9 Å². The molecule has 0 radical (unpaired) electrons. The molecule has 0 fully saturated rings. The van der Waals surface area contributed by atoms with Crippen molar-refractivity contribution in [3.63, 3.8) is 0 Å². The quantitative estimate of drug-likeness (QED) is 0.663. The van der Waals surface area contributed by atoms with Gasteiger partial charge in [-0.25, -0.2) is 4.68 Å². The molecule has 6 nitrogen and oxygen atoms in total. The Bertz CT molecular complexity index is 1030. The number of amides is 1. The van der Waals surface area contributed by atoms with Crippen LogP contribution in [0.5, 0.6) is 11.5 Å². The summed E-state index contributed by atoms with van der Waals surface area (Å²) in [5.74, 6) is 1.75. The van der Waals surface area contributed by atoms with Crippen LogP contribution in [0.3, 0.4) is 0 Å². The first-order chi connectivity index (χ1) is 13.7. The topological polar surface area (TPSA) is 65.4 Å². The van der Waals surface area contributed by atoms with Gasteiger partial charge in [-0.15, -0.1) is 0 Å². The number of nitrogens with zero attached hydrogens (tertiary/aromatic N) is 2. The number of carbonyl (C=O) groups excluding carboxylic acids is 1. The fourth-order valence-corrected chi connectivity index (χ4v) is 3.05. The minimum atomic E-state index is -0.254. The lowest BCUT2D eigenvalue weighted by molar-refractivity contribution is -0.111. The van der Waals surface area contributed by atoms with Crippen LogP contribution in [-0.2, 0) is 11.3 Å². The molecule has 2 heterocycles. The van der Waals surface area contributed by atoms with E-state index in [1.165, 1.54) is 6.08 Å². The molecule has 3 aromatic rings. The first-order valence-corrected chi connectivity index (χ1v) is 9.21. The Kier molecular flexibility index (Phi) is 5.30. The second-order valence-corrected chi connectivity index (χ2v) is 6.60. The SMILES string of the molecule is O=C(/C=C\c1ccc2c(c1)OCCO2)Nc1ccnn1Cc1ccccc1Cl. The third kappa shape index (κ3) is 4.18. The maximum atomic E-state index is 12.3. The van der Waals surface area contributed by atoms with Gasteiger partial charge in [0, 0.05) is 17.2 Å². The molecule has 1 aromatic heterocycles. The van der Waals surface area contributed by atoms with Crippen molar-refractivity contribution in [3.8, 4) is 11.5 Å². The molecule has 4 rings (SSSR count). The first kappa shape index (κ1) is 18.1. The van der Waals surface area contributed by atoms with E-state index in [4.69, 9.17) is 21.1 Å². The van der Waals surface area contributed by atoms with Crippen molar-refractivity contribution in [1.29, 1.82) is 0 Å². The Morgan fingerprint density at radius 1 is 1.14 bits per heavy atom. The number of hydrogen-bond acceptors (Lipinski definition) is 4. The standard InChI is InChI=1S/C21H18ClN3O3/c22-17-4-2-1-3-16(17)14-25-20(9-10-23-25)24-21(26)8-6-15-5-7-18-19(13-15)28-12-11-27-18/h1-10,13H,11-12,14H2,(H,24,26)/b8-6-. The highest BCUT2D eigenvalue weighted by molar-refractivity contribution is 6.31. The van der Waals surface area contributed by atoms with Crippen LogP contribution in [0.1, 0.15) is 11.1 Å². The molecule has 0 unspecified atom stereocenters. The number of benzene rings is 2. The number of carbonyl (C=O) groups is 1. The van der Waals surface area contributed by atoms with Gasteiger partial charge in [-0.2, -0.15) is 5.10 Å². The van der Waals surface area contributed by atoms with Crippen molar-refractivity contribution in [1.82, 2.24) is 9.78 Å². The van der Waals surface area contributed by atoms with E-state index < -0.39 is 0 Å². The molecule has 2 aromatic carbocycles. The smallest absolute Gasteiger partial charge is 0.249 e. The van der Waals surface area contributed by atoms with Gasteiger partial charge >= 0.3 is 0 Å². The normalized spacial score (nSPS) is 12.9. The lowest BCUT2D eigenvalue weighted by Gasteiger charge is -2.18. The number of rotatable bonds is 5. The largest absolute Gasteiger partial charge is 0.486 e. The number of anilines is 1. The maximum absolute atomic E-state index is 12.3. The predicted molar refractivity (Wildman–Crippen MR) is 108 cm³/mol. The third-order valence-corrected chi connectivity index (χ3v) is 4.61. The van der Waals surface area contributed by atoms with E-state index in [9.17, 15) is 4.79 Å². The van der Waals surface area contributed by atoms with Gasteiger partial charge in [0.25, 0.3) is 0 Å². The molecular weight excluding hydrogens is 378 g/mol. The highest BCUT2D eigenvalue weighted by Gasteiger charge is 2.11. The van der Waals surface area contributed by atoms with E-state index in [1.54, 1.807) is 23.0 Å². The Balaban J connectivity index is 1.43. The molecule has 0 saturated carbocycles. The molecule has 0 aliphatic carbocycles. The Morgan fingerprint density at radius 3 is 2.82 bits per heavy atom. The minimum absolute atomic E-state index is 0.254. The Labute approximate surface area is 167 Å². The van der Waals surface area contributed by atoms with E-state index in [0.29, 0.717) is 36.3 Å². The van der Waals surface area contributed by atoms with Gasteiger partial charge in [0.05, 0.1) is 12.7 Å². The fourth-order valence-electron chi connectivity index (χ4n) is 2.86. The monoisotopic (exact) mass is 395 g/mol. The van der Waals surface area contributed by atoms with Crippen LogP contribution in [-0.4, -0.2) is 28.9 Å². The van der Waals surface area contributed by atoms with Crippen LogP contribution in [0.4, 0.5) is 5.82 Å². The van der Waals surface area contributed by atoms with Crippen molar-refractivity contribution >= 4 is 29.4 Å². The summed E-state index contributed by atoms with van der Waals surface area (Å²) >= 11 is 6.21. The molecular formula is C21H18ClN3O3. The molecule has 0 atom stereocenters. The maximum Gasteiger partial charge on any atom is 0.249 e. The minimum Gasteiger partial charge on any atom is -0.486 e. The molecule has 0 saturated heterocycles. The predicted octanol–water partition coefficient (Wildman–Crippen LogP) is 4.01. The summed E-state index contributed by atoms with van der Waals surface area (Å²) in [6, 6.07) is 14.8. The van der Waals surface area contributed by atoms with Crippen LogP contribution in [0, 0.1) is 0 Å². The number of aromatic nitrogens is 2. The molecule has 142 valence electrons. The van der Waals surface area contributed by atoms with Crippen LogP contribution in [0.15, 0.2) is 60.8 Å². The average molecular weight is 396 g/mol. The summed E-state index contributed by atoms with van der Waals surface area (Å²) in [5, 5.41) is 7.76. The number of nitrogens with one attached hydrogen (secondary N) is 1. The summed E-state index contributed by atoms with van der Waals surface area (Å²) in [7, 11) is 0. The zero-order valence-corrected chi connectivity index (χ0v) is 15.7. The molecule has 1 aliphatic rings. The van der Waals surface area contributed by atoms with E-state index in [0.717, 1.165) is 16.9 Å². The van der Waals surface area contributed by atoms with E-state index in [2.05, 4.69) is 10.4 Å². The van der Waals surface area contributed by atoms with Crippen molar-refractivity contribution in [2.45, 2.75) is 6.54 Å². The summed E-state index contributed by atoms with van der Waals surface area (Å²) in [4.78, 5) is 12.3. The number of ether oxygens (including phenoxy) is 2. The lowest BCUT2D eigenvalue weighted by Crippen LogP contribution is -2.15. The molecule has 7 heteroatoms. The van der Waals surface area contributed by atoms with Gasteiger partial charge < -0.3 is 14.8 Å². The third-order valence-electron chi connectivity index (χ3n) is 4.24. The molecule has 1 N–H and O–H groups in total. The van der Waals surface area contributed by atoms with E-state index in [-0.39, 0.29) is 5.91 Å². The Hall–Kier alpha value is -3.25. The highest BCUT2D eigenvalue weighted by Crippen LogP contribution is 2.31. The van der Waals surface area contributed by atoms with Crippen molar-refractivity contribution in [2.75, 3.05) is 18.5 Å². The zero-order valence-electron chi connectivity index (χ0n) is 15.0. The summed E-state index contributed by atoms with van der Waals surface area (Å²) < 4.78 is 12.7. The molecule has 28 heavy (non-hydrogen) atoms. The van der Waals surface area contributed by atoms with Gasteiger partial charge in [-0.05, 0) is 35.4 Å². The lowest BCUT2D eigenvalue weighted by atomic mass is 10.2. The first-order valence-electron chi connectivity index (χ1n) is 8.83. The van der Waals surface area contributed by atoms with E-state index in [1.807, 2.05) is 42.5 Å². The highest BCUT2D eigenvalue weighted by atomic mass is 35.5. The van der Waals surface area contributed by atoms with Crippen LogP contribution >= 0.6 is 11.6 Å². The van der Waals surface area contributed by atoms with Gasteiger partial charge in [0.1, 0.15) is 19.0 Å². The Morgan fingerprint density at radius 2 is 1.96 bits per heavy atom. The number of hydrogen-bond donors (Lipinski definition) is 1. The van der Waals surface area contributed by atoms with E-state index >= 15 is 0 Å². The molecule has 1 amide bonds. The second-order valence-electron chi connectivity index (χ2n) is 6.19. The average Bonchev–Trinajstić information content (AvgIpc) is 3.14. The van der Waals surface area contributed by atoms with Gasteiger partial charge in [0.2, 0.25) is 5.91 Å². The number of fused-ring (bicyclic) bond motifs is 1. The van der Waals surface area contributed by atoms with Crippen molar-refractivity contribution in [3.05, 3.63) is 77.0 Å².